The number of amides is 1. The van der Waals surface area contributed by atoms with Gasteiger partial charge in [-0.05, 0) is 44.5 Å². The molecule has 4 aromatic rings. The monoisotopic (exact) mass is 494 g/mol. The zero-order chi connectivity index (χ0) is 24.4. The van der Waals surface area contributed by atoms with E-state index in [-0.39, 0.29) is 17.9 Å². The van der Waals surface area contributed by atoms with Crippen LogP contribution in [0.15, 0.2) is 42.0 Å². The van der Waals surface area contributed by atoms with Crippen LogP contribution in [-0.4, -0.2) is 20.9 Å². The third kappa shape index (κ3) is 4.91. The minimum Gasteiger partial charge on any atom is -0.487 e. The highest BCUT2D eigenvalue weighted by atomic mass is 35.5. The number of carbonyl (C=O) groups excluding carboxylic acids is 1. The molecule has 8 heteroatoms. The molecule has 6 nitrogen and oxygen atoms in total. The third-order valence-corrected chi connectivity index (χ3v) is 6.76. The number of ether oxygens (including phenoxy) is 1. The number of rotatable bonds is 7. The Labute approximate surface area is 208 Å². The second kappa shape index (κ2) is 10.1. The average Bonchev–Trinajstić information content (AvgIpc) is 3.23. The number of halogens is 1. The van der Waals surface area contributed by atoms with E-state index < -0.39 is 0 Å². The molecule has 176 valence electrons. The summed E-state index contributed by atoms with van der Waals surface area (Å²) in [5, 5.41) is 3.97. The second-order valence-electron chi connectivity index (χ2n) is 8.60. The van der Waals surface area contributed by atoms with Gasteiger partial charge < -0.3 is 10.1 Å². The van der Waals surface area contributed by atoms with Crippen molar-refractivity contribution in [3.63, 3.8) is 0 Å². The summed E-state index contributed by atoms with van der Waals surface area (Å²) in [7, 11) is 0. The zero-order valence-corrected chi connectivity index (χ0v) is 21.4. The van der Waals surface area contributed by atoms with Crippen LogP contribution in [0.1, 0.15) is 49.3 Å². The van der Waals surface area contributed by atoms with Crippen molar-refractivity contribution in [2.24, 2.45) is 5.92 Å². The fourth-order valence-corrected chi connectivity index (χ4v) is 4.63. The Bertz CT molecular complexity index is 1350. The summed E-state index contributed by atoms with van der Waals surface area (Å²) >= 11 is 7.80. The molecule has 0 aliphatic heterocycles. The Morgan fingerprint density at radius 3 is 2.68 bits per heavy atom. The van der Waals surface area contributed by atoms with Crippen LogP contribution in [-0.2, 0) is 11.4 Å². The number of nitrogens with one attached hydrogen (secondary N) is 1. The number of nitrogens with zero attached hydrogens (tertiary/aromatic N) is 3. The summed E-state index contributed by atoms with van der Waals surface area (Å²) in [6.45, 7) is 9.96. The Kier molecular flexibility index (Phi) is 7.14. The summed E-state index contributed by atoms with van der Waals surface area (Å²) in [6.07, 6.45) is 1.76. The van der Waals surface area contributed by atoms with Crippen LogP contribution in [0.25, 0.3) is 22.2 Å². The molecule has 0 spiro atoms. The highest BCUT2D eigenvalue weighted by molar-refractivity contribution is 7.14. The molecule has 0 fully saturated rings. The lowest BCUT2D eigenvalue weighted by atomic mass is 10.0. The summed E-state index contributed by atoms with van der Waals surface area (Å²) in [5.74, 6) is 0.559. The molecule has 0 radical (unpaired) electrons. The van der Waals surface area contributed by atoms with Gasteiger partial charge in [-0.25, -0.2) is 9.97 Å². The fourth-order valence-electron chi connectivity index (χ4n) is 3.84. The molecule has 34 heavy (non-hydrogen) atoms. The summed E-state index contributed by atoms with van der Waals surface area (Å²) in [4.78, 5) is 26.0. The lowest BCUT2D eigenvalue weighted by molar-refractivity contribution is -0.124. The Balaban J connectivity index is 1.68. The van der Waals surface area contributed by atoms with Gasteiger partial charge in [-0.3, -0.25) is 9.78 Å². The first-order valence-corrected chi connectivity index (χ1v) is 12.4. The molecule has 0 saturated carbocycles. The van der Waals surface area contributed by atoms with Gasteiger partial charge in [-0.2, -0.15) is 0 Å². The number of hydrogen-bond acceptors (Lipinski definition) is 6. The predicted octanol–water partition coefficient (Wildman–Crippen LogP) is 6.44. The fraction of sp³-hybridized carbons (Fsp3) is 0.308. The van der Waals surface area contributed by atoms with Crippen LogP contribution < -0.4 is 10.1 Å². The predicted molar refractivity (Wildman–Crippen MR) is 137 cm³/mol. The highest BCUT2D eigenvalue weighted by Crippen LogP contribution is 2.37. The van der Waals surface area contributed by atoms with Gasteiger partial charge in [-0.1, -0.05) is 37.6 Å². The van der Waals surface area contributed by atoms with E-state index in [2.05, 4.69) is 15.3 Å². The number of thiazole rings is 1. The largest absolute Gasteiger partial charge is 0.487 e. The number of aryl methyl sites for hydroxylation is 2. The average molecular weight is 495 g/mol. The second-order valence-corrected chi connectivity index (χ2v) is 10.1. The number of carbonyl (C=O) groups is 1. The van der Waals surface area contributed by atoms with Crippen molar-refractivity contribution in [3.05, 3.63) is 68.9 Å². The first-order valence-electron chi connectivity index (χ1n) is 11.1. The quantitative estimate of drug-likeness (QED) is 0.320. The molecule has 4 rings (SSSR count). The molecule has 1 aromatic carbocycles. The molecule has 1 amide bonds. The molecule has 0 aliphatic rings. The number of benzene rings is 1. The van der Waals surface area contributed by atoms with E-state index in [1.165, 1.54) is 11.3 Å². The first kappa shape index (κ1) is 24.1. The molecular formula is C26H27ClN4O2S. The maximum atomic E-state index is 12.2. The Morgan fingerprint density at radius 1 is 1.18 bits per heavy atom. The van der Waals surface area contributed by atoms with Crippen molar-refractivity contribution in [1.82, 2.24) is 20.3 Å². The van der Waals surface area contributed by atoms with Crippen molar-refractivity contribution in [1.29, 1.82) is 0 Å². The van der Waals surface area contributed by atoms with Crippen LogP contribution in [0.4, 0.5) is 0 Å². The molecule has 1 N–H and O–H groups in total. The lowest BCUT2D eigenvalue weighted by Crippen LogP contribution is -2.31. The maximum Gasteiger partial charge on any atom is 0.223 e. The number of hydrogen-bond donors (Lipinski definition) is 1. The van der Waals surface area contributed by atoms with Crippen molar-refractivity contribution in [2.45, 2.75) is 47.3 Å². The van der Waals surface area contributed by atoms with Gasteiger partial charge >= 0.3 is 0 Å². The topological polar surface area (TPSA) is 77.0 Å². The molecule has 0 aliphatic carbocycles. The van der Waals surface area contributed by atoms with E-state index >= 15 is 0 Å². The van der Waals surface area contributed by atoms with Crippen molar-refractivity contribution >= 4 is 39.7 Å². The summed E-state index contributed by atoms with van der Waals surface area (Å²) < 4.78 is 6.97. The molecule has 3 aromatic heterocycles. The maximum absolute atomic E-state index is 12.2. The molecule has 1 unspecified atom stereocenters. The molecule has 0 saturated heterocycles. The van der Waals surface area contributed by atoms with Crippen molar-refractivity contribution in [2.75, 3.05) is 0 Å². The highest BCUT2D eigenvalue weighted by Gasteiger charge is 2.19. The van der Waals surface area contributed by atoms with E-state index in [0.717, 1.165) is 44.7 Å². The molecular weight excluding hydrogens is 468 g/mol. The number of fused-ring (bicyclic) bond motifs is 1. The van der Waals surface area contributed by atoms with Crippen LogP contribution in [0.2, 0.25) is 4.34 Å². The standard InChI is InChI=1S/C26H27ClN4O2S/c1-14(2)26(32)31-17(5)22-20(15(3)9-10-28-22)12-33-21-8-6-7-18-19(11-16(4)30-23(18)21)24-25(27)34-13-29-24/h6-11,13-14,17H,12H2,1-5H3,(H,31,32). The van der Waals surface area contributed by atoms with Gasteiger partial charge in [0.2, 0.25) is 5.91 Å². The number of para-hydroxylation sites is 1. The SMILES string of the molecule is Cc1cc(-c2ncsc2Cl)c2cccc(OCc3c(C)ccnc3C(C)NC(=O)C(C)C)c2n1. The van der Waals surface area contributed by atoms with Crippen LogP contribution in [0.5, 0.6) is 5.75 Å². The smallest absolute Gasteiger partial charge is 0.223 e. The van der Waals surface area contributed by atoms with E-state index in [1.807, 2.05) is 65.0 Å². The first-order chi connectivity index (χ1) is 16.3. The Morgan fingerprint density at radius 2 is 1.97 bits per heavy atom. The van der Waals surface area contributed by atoms with E-state index in [9.17, 15) is 4.79 Å². The van der Waals surface area contributed by atoms with Crippen LogP contribution >= 0.6 is 22.9 Å². The van der Waals surface area contributed by atoms with Crippen molar-refractivity contribution in [3.8, 4) is 17.0 Å². The van der Waals surface area contributed by atoms with E-state index in [1.54, 1.807) is 11.7 Å². The van der Waals surface area contributed by atoms with Gasteiger partial charge in [0.1, 0.15) is 27.9 Å². The van der Waals surface area contributed by atoms with E-state index in [0.29, 0.717) is 16.7 Å². The summed E-state index contributed by atoms with van der Waals surface area (Å²) in [6, 6.07) is 9.57. The van der Waals surface area contributed by atoms with Gasteiger partial charge in [-0.15, -0.1) is 11.3 Å². The third-order valence-electron chi connectivity index (χ3n) is 5.70. The molecule has 3 heterocycles. The van der Waals surface area contributed by atoms with Gasteiger partial charge in [0.05, 0.1) is 17.2 Å². The van der Waals surface area contributed by atoms with E-state index in [4.69, 9.17) is 21.3 Å². The minimum atomic E-state index is -0.236. The zero-order valence-electron chi connectivity index (χ0n) is 19.8. The number of pyridine rings is 2. The molecule has 0 bridgehead atoms. The normalized spacial score (nSPS) is 12.2. The van der Waals surface area contributed by atoms with Crippen LogP contribution in [0, 0.1) is 19.8 Å². The van der Waals surface area contributed by atoms with Crippen molar-refractivity contribution < 1.29 is 9.53 Å². The lowest BCUT2D eigenvalue weighted by Gasteiger charge is -2.20. The minimum absolute atomic E-state index is 0.00960. The molecule has 1 atom stereocenters. The van der Waals surface area contributed by atoms with Gasteiger partial charge in [0.25, 0.3) is 0 Å². The van der Waals surface area contributed by atoms with Gasteiger partial charge in [0.15, 0.2) is 0 Å². The van der Waals surface area contributed by atoms with Gasteiger partial charge in [0, 0.05) is 34.3 Å². The summed E-state index contributed by atoms with van der Waals surface area (Å²) in [5.41, 5.74) is 7.83. The van der Waals surface area contributed by atoms with Crippen LogP contribution in [0.3, 0.4) is 0 Å². The number of aromatic nitrogens is 3. The Hall–Kier alpha value is -3.03.